The van der Waals surface area contributed by atoms with Gasteiger partial charge in [-0.1, -0.05) is 42.5 Å². The van der Waals surface area contributed by atoms with E-state index >= 15 is 0 Å². The average Bonchev–Trinajstić information content (AvgIpc) is 3.27. The number of aromatic amines is 2. The number of rotatable bonds is 8. The van der Waals surface area contributed by atoms with Gasteiger partial charge in [0.05, 0.1) is 24.7 Å². The van der Waals surface area contributed by atoms with Gasteiger partial charge >= 0.3 is 0 Å². The number of Topliss-reactive ketones (excluding diaryl/α,β-unsaturated/α-hetero) is 2. The highest BCUT2D eigenvalue weighted by Crippen LogP contribution is 2.04. The molecule has 2 aromatic heterocycles. The lowest BCUT2D eigenvalue weighted by molar-refractivity contribution is -0.123. The highest BCUT2D eigenvalue weighted by molar-refractivity contribution is 5.86. The molecule has 0 aliphatic carbocycles. The van der Waals surface area contributed by atoms with Crippen molar-refractivity contribution in [3.05, 3.63) is 36.4 Å². The van der Waals surface area contributed by atoms with E-state index < -0.39 is 12.1 Å². The van der Waals surface area contributed by atoms with Crippen LogP contribution >= 0.6 is 0 Å². The summed E-state index contributed by atoms with van der Waals surface area (Å²) in [5.41, 5.74) is 13.2. The molecular weight excluding hydrogens is 356 g/mol. The molecule has 0 saturated heterocycles. The molecule has 0 saturated carbocycles. The van der Waals surface area contributed by atoms with Crippen molar-refractivity contribution >= 4 is 11.6 Å². The quantitative estimate of drug-likeness (QED) is 0.541. The summed E-state index contributed by atoms with van der Waals surface area (Å²) in [4.78, 5) is 36.4. The second-order valence-electron chi connectivity index (χ2n) is 6.89. The molecule has 0 unspecified atom stereocenters. The third kappa shape index (κ3) is 9.57. The zero-order chi connectivity index (χ0) is 19.7. The number of hydrogen-bond acceptors (Lipinski definition) is 6. The Morgan fingerprint density at radius 2 is 1.14 bits per heavy atom. The lowest BCUT2D eigenvalue weighted by atomic mass is 9.99. The van der Waals surface area contributed by atoms with Crippen molar-refractivity contribution in [3.63, 3.8) is 0 Å². The number of nitrogens with zero attached hydrogens (tertiary/aromatic N) is 2. The van der Waals surface area contributed by atoms with Gasteiger partial charge in [-0.3, -0.25) is 9.59 Å². The van der Waals surface area contributed by atoms with Gasteiger partial charge in [0.15, 0.2) is 11.6 Å². The molecule has 0 bridgehead atoms. The molecule has 8 heteroatoms. The molecule has 0 amide bonds. The molecule has 2 heterocycles. The van der Waals surface area contributed by atoms with Crippen LogP contribution in [0.1, 0.15) is 53.9 Å². The molecule has 8 nitrogen and oxygen atoms in total. The van der Waals surface area contributed by atoms with Crippen molar-refractivity contribution in [2.24, 2.45) is 23.3 Å². The fourth-order valence-electron chi connectivity index (χ4n) is 2.32. The van der Waals surface area contributed by atoms with Crippen LogP contribution in [-0.4, -0.2) is 43.6 Å². The van der Waals surface area contributed by atoms with Crippen molar-refractivity contribution in [2.75, 3.05) is 0 Å². The maximum absolute atomic E-state index is 11.4. The van der Waals surface area contributed by atoms with Crippen molar-refractivity contribution in [2.45, 2.75) is 67.5 Å². The van der Waals surface area contributed by atoms with Crippen molar-refractivity contribution < 1.29 is 9.59 Å². The zero-order valence-corrected chi connectivity index (χ0v) is 15.9. The first-order valence-corrected chi connectivity index (χ1v) is 8.75. The summed E-state index contributed by atoms with van der Waals surface area (Å²) in [6.07, 6.45) is 7.62. The van der Waals surface area contributed by atoms with Crippen LogP contribution < -0.4 is 11.5 Å². The molecule has 0 aliphatic heterocycles. The number of aromatic nitrogens is 4. The topological polar surface area (TPSA) is 144 Å². The largest absolute Gasteiger partial charge is 0.348 e. The molecule has 2 atom stereocenters. The van der Waals surface area contributed by atoms with Crippen LogP contribution in [0.25, 0.3) is 0 Å². The van der Waals surface area contributed by atoms with E-state index in [0.29, 0.717) is 12.8 Å². The summed E-state index contributed by atoms with van der Waals surface area (Å²) in [5.74, 6) is 0.181. The number of carbonyl (C=O) groups excluding carboxylic acids is 2. The first-order valence-electron chi connectivity index (χ1n) is 8.75. The van der Waals surface area contributed by atoms with Gasteiger partial charge in [-0.25, -0.2) is 9.97 Å². The normalized spacial score (nSPS) is 12.3. The van der Waals surface area contributed by atoms with Crippen LogP contribution in [0.15, 0.2) is 25.0 Å². The first kappa shape index (κ1) is 27.9. The Bertz CT molecular complexity index is 592. The smallest absolute Gasteiger partial charge is 0.152 e. The number of nitrogens with two attached hydrogens (primary N) is 2. The van der Waals surface area contributed by atoms with Crippen LogP contribution in [0.2, 0.25) is 0 Å². The summed E-state index contributed by atoms with van der Waals surface area (Å²) >= 11 is 0. The van der Waals surface area contributed by atoms with Crippen molar-refractivity contribution in [3.8, 4) is 0 Å². The van der Waals surface area contributed by atoms with Crippen LogP contribution in [-0.2, 0) is 22.4 Å². The minimum Gasteiger partial charge on any atom is -0.348 e. The molecule has 2 rings (SSSR count). The number of ketones is 2. The molecule has 0 fully saturated rings. The highest BCUT2D eigenvalue weighted by Gasteiger charge is 2.18. The Balaban J connectivity index is 0. The Morgan fingerprint density at radius 3 is 1.36 bits per heavy atom. The molecular formula is C20H38N6O2. The summed E-state index contributed by atoms with van der Waals surface area (Å²) in [7, 11) is 0. The standard InChI is InChI=1S/2C9H15N3O.2CH4/c2*1-6(2)9(13)8(10)3-7-4-11-5-12-7;;/h2*4-6,8H,3,10H2,1-2H3,(H,11,12);2*1H4/t2*8-;;/m10../s1. The molecule has 0 radical (unpaired) electrons. The Kier molecular flexibility index (Phi) is 13.7. The Labute approximate surface area is 168 Å². The fraction of sp³-hybridized carbons (Fsp3) is 0.600. The molecule has 160 valence electrons. The van der Waals surface area contributed by atoms with Gasteiger partial charge in [0.1, 0.15) is 0 Å². The average molecular weight is 395 g/mol. The van der Waals surface area contributed by atoms with Gasteiger partial charge in [-0.05, 0) is 0 Å². The molecule has 2 aromatic rings. The van der Waals surface area contributed by atoms with E-state index in [4.69, 9.17) is 11.5 Å². The molecule has 6 N–H and O–H groups in total. The number of imidazole rings is 2. The van der Waals surface area contributed by atoms with Crippen molar-refractivity contribution in [1.82, 2.24) is 19.9 Å². The third-order valence-corrected chi connectivity index (χ3v) is 3.86. The summed E-state index contributed by atoms with van der Waals surface area (Å²) < 4.78 is 0. The zero-order valence-electron chi connectivity index (χ0n) is 15.9. The molecule has 0 spiro atoms. The van der Waals surface area contributed by atoms with Gasteiger partial charge in [0, 0.05) is 48.5 Å². The predicted octanol–water partition coefficient (Wildman–Crippen LogP) is 2.28. The molecule has 0 aromatic carbocycles. The predicted molar refractivity (Wildman–Crippen MR) is 114 cm³/mol. The van der Waals surface area contributed by atoms with Crippen LogP contribution in [0.5, 0.6) is 0 Å². The maximum atomic E-state index is 11.4. The second kappa shape index (κ2) is 13.8. The minimum absolute atomic E-state index is 0. The van der Waals surface area contributed by atoms with E-state index in [1.807, 2.05) is 27.7 Å². The van der Waals surface area contributed by atoms with E-state index in [-0.39, 0.29) is 38.3 Å². The van der Waals surface area contributed by atoms with E-state index in [2.05, 4.69) is 19.9 Å². The SMILES string of the molecule is C.C.CC(C)C(=O)[C@@H](N)Cc1cnc[nH]1.CC(C)C(=O)[C@H](N)Cc1cnc[nH]1. The maximum Gasteiger partial charge on any atom is 0.152 e. The Morgan fingerprint density at radius 1 is 0.821 bits per heavy atom. The Hall–Kier alpha value is -2.32. The van der Waals surface area contributed by atoms with Crippen molar-refractivity contribution in [1.29, 1.82) is 0 Å². The number of hydrogen-bond donors (Lipinski definition) is 4. The van der Waals surface area contributed by atoms with Gasteiger partial charge in [0.25, 0.3) is 0 Å². The van der Waals surface area contributed by atoms with Crippen LogP contribution in [0, 0.1) is 11.8 Å². The summed E-state index contributed by atoms with van der Waals surface area (Å²) in [6, 6.07) is -0.833. The van der Waals surface area contributed by atoms with Gasteiger partial charge < -0.3 is 21.4 Å². The third-order valence-electron chi connectivity index (χ3n) is 3.86. The number of H-pyrrole nitrogens is 2. The first-order chi connectivity index (χ1) is 12.2. The molecule has 0 aliphatic rings. The van der Waals surface area contributed by atoms with Crippen LogP contribution in [0.4, 0.5) is 0 Å². The van der Waals surface area contributed by atoms with E-state index in [1.165, 1.54) is 0 Å². The van der Waals surface area contributed by atoms with E-state index in [9.17, 15) is 9.59 Å². The fourth-order valence-corrected chi connectivity index (χ4v) is 2.32. The second-order valence-corrected chi connectivity index (χ2v) is 6.89. The van der Waals surface area contributed by atoms with E-state index in [0.717, 1.165) is 11.4 Å². The van der Waals surface area contributed by atoms with E-state index in [1.54, 1.807) is 25.0 Å². The van der Waals surface area contributed by atoms with Gasteiger partial charge in [0.2, 0.25) is 0 Å². The lowest BCUT2D eigenvalue weighted by Gasteiger charge is -2.11. The summed E-state index contributed by atoms with van der Waals surface area (Å²) in [5, 5.41) is 0. The highest BCUT2D eigenvalue weighted by atomic mass is 16.1. The summed E-state index contributed by atoms with van der Waals surface area (Å²) in [6.45, 7) is 7.43. The minimum atomic E-state index is -0.416. The number of nitrogens with one attached hydrogen (secondary N) is 2. The number of carbonyl (C=O) groups is 2. The van der Waals surface area contributed by atoms with Gasteiger partial charge in [-0.2, -0.15) is 0 Å². The van der Waals surface area contributed by atoms with Gasteiger partial charge in [-0.15, -0.1) is 0 Å². The molecule has 28 heavy (non-hydrogen) atoms. The van der Waals surface area contributed by atoms with Crippen LogP contribution in [0.3, 0.4) is 0 Å². The monoisotopic (exact) mass is 394 g/mol. The lowest BCUT2D eigenvalue weighted by Crippen LogP contribution is -2.35.